The molecule has 35 heavy (non-hydrogen) atoms. The summed E-state index contributed by atoms with van der Waals surface area (Å²) in [5, 5.41) is 14.4. The van der Waals surface area contributed by atoms with Crippen LogP contribution in [0.2, 0.25) is 0 Å². The first-order chi connectivity index (χ1) is 16.9. The SMILES string of the molecule is COC(=O)c1ccc(NC(=O)CSc2nnc3ccc(C(=O)NCc4ccc(C)cc4)cn23)cc1. The van der Waals surface area contributed by atoms with Gasteiger partial charge in [-0.2, -0.15) is 0 Å². The number of methoxy groups -OCH3 is 1. The quantitative estimate of drug-likeness (QED) is 0.288. The molecule has 0 spiro atoms. The monoisotopic (exact) mass is 489 g/mol. The summed E-state index contributed by atoms with van der Waals surface area (Å²) >= 11 is 1.20. The zero-order valence-electron chi connectivity index (χ0n) is 19.1. The average Bonchev–Trinajstić information content (AvgIpc) is 3.29. The second-order valence-electron chi connectivity index (χ2n) is 7.70. The van der Waals surface area contributed by atoms with Crippen LogP contribution >= 0.6 is 11.8 Å². The van der Waals surface area contributed by atoms with E-state index >= 15 is 0 Å². The van der Waals surface area contributed by atoms with E-state index in [2.05, 4.69) is 25.6 Å². The molecule has 4 rings (SSSR count). The number of aromatic nitrogens is 3. The van der Waals surface area contributed by atoms with Gasteiger partial charge in [0.05, 0.1) is 24.0 Å². The maximum atomic E-state index is 12.7. The van der Waals surface area contributed by atoms with Crippen molar-refractivity contribution in [1.29, 1.82) is 0 Å². The molecule has 0 atom stereocenters. The number of benzene rings is 2. The standard InChI is InChI=1S/C25H23N5O4S/c1-16-3-5-17(6-4-16)13-26-23(32)19-9-12-21-28-29-25(30(21)14-19)35-15-22(31)27-20-10-7-18(8-11-20)24(33)34-2/h3-12,14H,13,15H2,1-2H3,(H,26,32)(H,27,31). The van der Waals surface area contributed by atoms with E-state index in [9.17, 15) is 14.4 Å². The van der Waals surface area contributed by atoms with Crippen LogP contribution in [0.5, 0.6) is 0 Å². The normalized spacial score (nSPS) is 10.7. The summed E-state index contributed by atoms with van der Waals surface area (Å²) in [6.45, 7) is 2.43. The number of fused-ring (bicyclic) bond motifs is 1. The van der Waals surface area contributed by atoms with Crippen molar-refractivity contribution in [1.82, 2.24) is 19.9 Å². The van der Waals surface area contributed by atoms with Crippen molar-refractivity contribution in [3.05, 3.63) is 89.1 Å². The number of esters is 1. The number of thioether (sulfide) groups is 1. The van der Waals surface area contributed by atoms with Crippen LogP contribution in [-0.2, 0) is 16.1 Å². The van der Waals surface area contributed by atoms with Gasteiger partial charge in [-0.3, -0.25) is 14.0 Å². The van der Waals surface area contributed by atoms with Crippen molar-refractivity contribution >= 4 is 40.9 Å². The zero-order valence-corrected chi connectivity index (χ0v) is 20.0. The lowest BCUT2D eigenvalue weighted by Crippen LogP contribution is -2.23. The summed E-state index contributed by atoms with van der Waals surface area (Å²) in [5.41, 5.74) is 4.16. The fourth-order valence-corrected chi connectivity index (χ4v) is 3.94. The van der Waals surface area contributed by atoms with Gasteiger partial charge in [-0.05, 0) is 48.9 Å². The molecule has 2 amide bonds. The minimum atomic E-state index is -0.444. The molecule has 0 aliphatic rings. The smallest absolute Gasteiger partial charge is 0.337 e. The first-order valence-corrected chi connectivity index (χ1v) is 11.7. The fraction of sp³-hybridized carbons (Fsp3) is 0.160. The molecule has 4 aromatic rings. The lowest BCUT2D eigenvalue weighted by atomic mass is 10.1. The third-order valence-corrected chi connectivity index (χ3v) is 6.07. The van der Waals surface area contributed by atoms with Crippen molar-refractivity contribution in [2.45, 2.75) is 18.6 Å². The van der Waals surface area contributed by atoms with Crippen LogP contribution in [-0.4, -0.2) is 45.2 Å². The van der Waals surface area contributed by atoms with Crippen LogP contribution in [0.1, 0.15) is 31.8 Å². The number of anilines is 1. The number of aryl methyl sites for hydroxylation is 1. The summed E-state index contributed by atoms with van der Waals surface area (Å²) in [6, 6.07) is 17.8. The van der Waals surface area contributed by atoms with Crippen LogP contribution < -0.4 is 10.6 Å². The van der Waals surface area contributed by atoms with E-state index in [4.69, 9.17) is 0 Å². The summed E-state index contributed by atoms with van der Waals surface area (Å²) < 4.78 is 6.35. The predicted molar refractivity (Wildman–Crippen MR) is 132 cm³/mol. The van der Waals surface area contributed by atoms with Crippen LogP contribution in [0.4, 0.5) is 5.69 Å². The van der Waals surface area contributed by atoms with E-state index in [1.807, 2.05) is 31.2 Å². The highest BCUT2D eigenvalue weighted by Crippen LogP contribution is 2.19. The number of hydrogen-bond acceptors (Lipinski definition) is 7. The van der Waals surface area contributed by atoms with E-state index in [1.165, 1.54) is 18.9 Å². The van der Waals surface area contributed by atoms with Gasteiger partial charge in [0, 0.05) is 18.4 Å². The molecule has 10 heteroatoms. The Morgan fingerprint density at radius 3 is 2.37 bits per heavy atom. The Bertz CT molecular complexity index is 1370. The number of carbonyl (C=O) groups is 3. The number of nitrogens with zero attached hydrogens (tertiary/aromatic N) is 3. The molecule has 0 saturated heterocycles. The number of pyridine rings is 1. The summed E-state index contributed by atoms with van der Waals surface area (Å²) in [6.07, 6.45) is 1.66. The van der Waals surface area contributed by atoms with E-state index in [0.29, 0.717) is 34.2 Å². The highest BCUT2D eigenvalue weighted by Gasteiger charge is 2.13. The van der Waals surface area contributed by atoms with Crippen LogP contribution in [0.3, 0.4) is 0 Å². The maximum Gasteiger partial charge on any atom is 0.337 e. The molecule has 0 radical (unpaired) electrons. The van der Waals surface area contributed by atoms with Gasteiger partial charge in [-0.1, -0.05) is 41.6 Å². The molecule has 0 fully saturated rings. The summed E-state index contributed by atoms with van der Waals surface area (Å²) in [5.74, 6) is -0.821. The fourth-order valence-electron chi connectivity index (χ4n) is 3.23. The second-order valence-corrected chi connectivity index (χ2v) is 8.65. The highest BCUT2D eigenvalue weighted by atomic mass is 32.2. The number of rotatable bonds is 8. The molecule has 0 saturated carbocycles. The van der Waals surface area contributed by atoms with Crippen molar-refractivity contribution in [3.63, 3.8) is 0 Å². The van der Waals surface area contributed by atoms with E-state index in [-0.39, 0.29) is 17.6 Å². The molecule has 0 aliphatic carbocycles. The lowest BCUT2D eigenvalue weighted by Gasteiger charge is -2.07. The van der Waals surface area contributed by atoms with E-state index in [1.54, 1.807) is 47.0 Å². The maximum absolute atomic E-state index is 12.7. The molecule has 2 aromatic carbocycles. The van der Waals surface area contributed by atoms with Gasteiger partial charge in [-0.15, -0.1) is 10.2 Å². The van der Waals surface area contributed by atoms with Gasteiger partial charge in [-0.25, -0.2) is 4.79 Å². The first kappa shape index (κ1) is 24.0. The number of amides is 2. The van der Waals surface area contributed by atoms with Gasteiger partial charge in [0.1, 0.15) is 0 Å². The van der Waals surface area contributed by atoms with Gasteiger partial charge >= 0.3 is 5.97 Å². The number of hydrogen-bond donors (Lipinski definition) is 2. The Hall–Kier alpha value is -4.18. The Kier molecular flexibility index (Phi) is 7.41. The highest BCUT2D eigenvalue weighted by molar-refractivity contribution is 7.99. The molecule has 9 nitrogen and oxygen atoms in total. The minimum absolute atomic E-state index is 0.0867. The minimum Gasteiger partial charge on any atom is -0.465 e. The van der Waals surface area contributed by atoms with Crippen molar-refractivity contribution in [2.24, 2.45) is 0 Å². The number of ether oxygens (including phenoxy) is 1. The van der Waals surface area contributed by atoms with Gasteiger partial charge in [0.25, 0.3) is 5.91 Å². The Morgan fingerprint density at radius 2 is 1.66 bits per heavy atom. The predicted octanol–water partition coefficient (Wildman–Crippen LogP) is 3.49. The number of nitrogens with one attached hydrogen (secondary N) is 2. The van der Waals surface area contributed by atoms with E-state index in [0.717, 1.165) is 11.1 Å². The first-order valence-electron chi connectivity index (χ1n) is 10.7. The molecule has 0 bridgehead atoms. The molecule has 2 aromatic heterocycles. The Labute approximate surface area is 205 Å². The van der Waals surface area contributed by atoms with Crippen molar-refractivity contribution in [2.75, 3.05) is 18.2 Å². The molecular weight excluding hydrogens is 466 g/mol. The molecule has 2 N–H and O–H groups in total. The molecule has 178 valence electrons. The summed E-state index contributed by atoms with van der Waals surface area (Å²) in [4.78, 5) is 36.6. The lowest BCUT2D eigenvalue weighted by molar-refractivity contribution is -0.113. The van der Waals surface area contributed by atoms with Crippen molar-refractivity contribution in [3.8, 4) is 0 Å². The van der Waals surface area contributed by atoms with Gasteiger partial charge < -0.3 is 15.4 Å². The molecular formula is C25H23N5O4S. The largest absolute Gasteiger partial charge is 0.465 e. The van der Waals surface area contributed by atoms with Crippen molar-refractivity contribution < 1.29 is 19.1 Å². The van der Waals surface area contributed by atoms with Crippen LogP contribution in [0.15, 0.2) is 72.0 Å². The third-order valence-electron chi connectivity index (χ3n) is 5.13. The zero-order chi connectivity index (χ0) is 24.8. The van der Waals surface area contributed by atoms with Crippen LogP contribution in [0.25, 0.3) is 5.65 Å². The Morgan fingerprint density at radius 1 is 0.943 bits per heavy atom. The Balaban J connectivity index is 1.36. The summed E-state index contributed by atoms with van der Waals surface area (Å²) in [7, 11) is 1.31. The molecule has 0 aliphatic heterocycles. The number of carbonyl (C=O) groups excluding carboxylic acids is 3. The average molecular weight is 490 g/mol. The van der Waals surface area contributed by atoms with Crippen LogP contribution in [0, 0.1) is 6.92 Å². The molecule has 0 unspecified atom stereocenters. The van der Waals surface area contributed by atoms with Gasteiger partial charge in [0.2, 0.25) is 5.91 Å². The molecule has 2 heterocycles. The third kappa shape index (κ3) is 6.04. The topological polar surface area (TPSA) is 115 Å². The second kappa shape index (κ2) is 10.8. The van der Waals surface area contributed by atoms with Gasteiger partial charge in [0.15, 0.2) is 10.8 Å². The van der Waals surface area contributed by atoms with E-state index < -0.39 is 5.97 Å².